The highest BCUT2D eigenvalue weighted by atomic mass is 35.5. The summed E-state index contributed by atoms with van der Waals surface area (Å²) in [6, 6.07) is 18.2. The first-order valence-electron chi connectivity index (χ1n) is 9.07. The number of anilines is 1. The maximum atomic E-state index is 12.8. The lowest BCUT2D eigenvalue weighted by atomic mass is 9.89. The van der Waals surface area contributed by atoms with E-state index in [0.29, 0.717) is 18.4 Å². The molecule has 2 aromatic carbocycles. The van der Waals surface area contributed by atoms with Gasteiger partial charge in [0, 0.05) is 23.9 Å². The second-order valence-electron chi connectivity index (χ2n) is 6.83. The largest absolute Gasteiger partial charge is 0.330 e. The first kappa shape index (κ1) is 21.8. The van der Waals surface area contributed by atoms with Gasteiger partial charge in [-0.25, -0.2) is 0 Å². The molecule has 3 N–H and O–H groups in total. The zero-order chi connectivity index (χ0) is 18.5. The topological polar surface area (TPSA) is 58.4 Å². The van der Waals surface area contributed by atoms with Gasteiger partial charge in [0.25, 0.3) is 0 Å². The average molecular weight is 406 g/mol. The molecule has 0 aliphatic carbocycles. The van der Waals surface area contributed by atoms with Crippen molar-refractivity contribution in [3.8, 4) is 0 Å². The molecule has 146 valence electrons. The summed E-state index contributed by atoms with van der Waals surface area (Å²) >= 11 is 1.64. The van der Waals surface area contributed by atoms with Crippen molar-refractivity contribution in [3.63, 3.8) is 0 Å². The fourth-order valence-corrected chi connectivity index (χ4v) is 4.24. The standard InChI is InChI=1S/C21H27N3OS.ClH/c1-15(21(25)23-19-10-6-7-11-20(19)26-2)24-13-17(12-22)18(14-24)16-8-4-3-5-9-16;/h3-11,15,17-18H,12-14,22H2,1-2H3,(H,23,25);1H/t15?,17-,18+;/m1./s1. The molecule has 2 aromatic rings. The number of para-hydroxylation sites is 1. The van der Waals surface area contributed by atoms with Crippen molar-refractivity contribution in [2.24, 2.45) is 11.7 Å². The Labute approximate surface area is 172 Å². The number of nitrogens with one attached hydrogen (secondary N) is 1. The lowest BCUT2D eigenvalue weighted by Gasteiger charge is -2.24. The van der Waals surface area contributed by atoms with Crippen LogP contribution in [0, 0.1) is 5.92 Å². The fourth-order valence-electron chi connectivity index (χ4n) is 3.69. The predicted octanol–water partition coefficient (Wildman–Crippen LogP) is 3.83. The lowest BCUT2D eigenvalue weighted by molar-refractivity contribution is -0.120. The van der Waals surface area contributed by atoms with Crippen LogP contribution >= 0.6 is 24.2 Å². The highest BCUT2D eigenvalue weighted by Crippen LogP contribution is 2.33. The maximum Gasteiger partial charge on any atom is 0.241 e. The van der Waals surface area contributed by atoms with Gasteiger partial charge < -0.3 is 11.1 Å². The van der Waals surface area contributed by atoms with Crippen molar-refractivity contribution >= 4 is 35.8 Å². The van der Waals surface area contributed by atoms with E-state index in [2.05, 4.69) is 34.5 Å². The van der Waals surface area contributed by atoms with Gasteiger partial charge in [-0.2, -0.15) is 0 Å². The number of carbonyl (C=O) groups excluding carboxylic acids is 1. The molecule has 1 heterocycles. The normalized spacial score (nSPS) is 20.7. The van der Waals surface area contributed by atoms with E-state index in [1.807, 2.05) is 43.5 Å². The van der Waals surface area contributed by atoms with Crippen molar-refractivity contribution in [1.82, 2.24) is 4.90 Å². The molecule has 3 rings (SSSR count). The van der Waals surface area contributed by atoms with Gasteiger partial charge in [0.2, 0.25) is 5.91 Å². The monoisotopic (exact) mass is 405 g/mol. The van der Waals surface area contributed by atoms with Gasteiger partial charge >= 0.3 is 0 Å². The van der Waals surface area contributed by atoms with Gasteiger partial charge in [-0.15, -0.1) is 24.2 Å². The minimum absolute atomic E-state index is 0. The highest BCUT2D eigenvalue weighted by molar-refractivity contribution is 7.98. The minimum Gasteiger partial charge on any atom is -0.330 e. The Balaban J connectivity index is 0.00000261. The van der Waals surface area contributed by atoms with Crippen molar-refractivity contribution in [2.75, 3.05) is 31.2 Å². The molecule has 6 heteroatoms. The first-order valence-corrected chi connectivity index (χ1v) is 10.3. The number of nitrogens with zero attached hydrogens (tertiary/aromatic N) is 1. The van der Waals surface area contributed by atoms with Crippen LogP contribution in [0.15, 0.2) is 59.5 Å². The maximum absolute atomic E-state index is 12.8. The van der Waals surface area contributed by atoms with Gasteiger partial charge in [-0.05, 0) is 43.3 Å². The Hall–Kier alpha value is -1.53. The van der Waals surface area contributed by atoms with E-state index >= 15 is 0 Å². The molecule has 27 heavy (non-hydrogen) atoms. The zero-order valence-corrected chi connectivity index (χ0v) is 17.4. The van der Waals surface area contributed by atoms with Crippen LogP contribution in [-0.2, 0) is 4.79 Å². The molecule has 4 nitrogen and oxygen atoms in total. The molecule has 0 bridgehead atoms. The summed E-state index contributed by atoms with van der Waals surface area (Å²) in [5, 5.41) is 3.09. The molecule has 0 radical (unpaired) electrons. The molecule has 1 aliphatic rings. The highest BCUT2D eigenvalue weighted by Gasteiger charge is 2.36. The van der Waals surface area contributed by atoms with Crippen LogP contribution in [0.4, 0.5) is 5.69 Å². The van der Waals surface area contributed by atoms with Crippen LogP contribution in [0.5, 0.6) is 0 Å². The average Bonchev–Trinajstić information content (AvgIpc) is 3.13. The van der Waals surface area contributed by atoms with E-state index in [1.165, 1.54) is 5.56 Å². The number of likely N-dealkylation sites (tertiary alicyclic amines) is 1. The molecule has 3 atom stereocenters. The molecule has 1 amide bonds. The molecular formula is C21H28ClN3OS. The summed E-state index contributed by atoms with van der Waals surface area (Å²) in [6.07, 6.45) is 2.02. The number of halogens is 1. The molecule has 1 aliphatic heterocycles. The third-order valence-corrected chi connectivity index (χ3v) is 6.09. The Morgan fingerprint density at radius 1 is 1.19 bits per heavy atom. The van der Waals surface area contributed by atoms with E-state index in [4.69, 9.17) is 5.73 Å². The first-order chi connectivity index (χ1) is 12.6. The summed E-state index contributed by atoms with van der Waals surface area (Å²) in [4.78, 5) is 16.1. The third-order valence-electron chi connectivity index (χ3n) is 5.29. The van der Waals surface area contributed by atoms with Crippen molar-refractivity contribution < 1.29 is 4.79 Å². The van der Waals surface area contributed by atoms with Crippen LogP contribution in [0.25, 0.3) is 0 Å². The fraction of sp³-hybridized carbons (Fsp3) is 0.381. The third kappa shape index (κ3) is 5.05. The number of benzene rings is 2. The smallest absolute Gasteiger partial charge is 0.241 e. The quantitative estimate of drug-likeness (QED) is 0.717. The van der Waals surface area contributed by atoms with Gasteiger partial charge in [-0.1, -0.05) is 42.5 Å². The number of hydrogen-bond donors (Lipinski definition) is 2. The van der Waals surface area contributed by atoms with Crippen molar-refractivity contribution in [1.29, 1.82) is 0 Å². The minimum atomic E-state index is -0.187. The van der Waals surface area contributed by atoms with Crippen molar-refractivity contribution in [2.45, 2.75) is 23.8 Å². The summed E-state index contributed by atoms with van der Waals surface area (Å²) in [6.45, 7) is 4.34. The van der Waals surface area contributed by atoms with E-state index in [-0.39, 0.29) is 24.4 Å². The summed E-state index contributed by atoms with van der Waals surface area (Å²) in [5.41, 5.74) is 8.22. The molecule has 1 saturated heterocycles. The predicted molar refractivity (Wildman–Crippen MR) is 117 cm³/mol. The van der Waals surface area contributed by atoms with Gasteiger partial charge in [0.1, 0.15) is 0 Å². The van der Waals surface area contributed by atoms with Gasteiger partial charge in [-0.3, -0.25) is 9.69 Å². The number of amides is 1. The van der Waals surface area contributed by atoms with Crippen LogP contribution in [0.2, 0.25) is 0 Å². The van der Waals surface area contributed by atoms with Crippen LogP contribution in [0.3, 0.4) is 0 Å². The number of rotatable bonds is 6. The van der Waals surface area contributed by atoms with Crippen LogP contribution in [-0.4, -0.2) is 42.7 Å². The molecular weight excluding hydrogens is 378 g/mol. The van der Waals surface area contributed by atoms with Crippen molar-refractivity contribution in [3.05, 3.63) is 60.2 Å². The van der Waals surface area contributed by atoms with E-state index in [9.17, 15) is 4.79 Å². The Morgan fingerprint density at radius 2 is 1.85 bits per heavy atom. The van der Waals surface area contributed by atoms with E-state index in [0.717, 1.165) is 23.7 Å². The van der Waals surface area contributed by atoms with Crippen LogP contribution < -0.4 is 11.1 Å². The zero-order valence-electron chi connectivity index (χ0n) is 15.8. The Morgan fingerprint density at radius 3 is 2.52 bits per heavy atom. The lowest BCUT2D eigenvalue weighted by Crippen LogP contribution is -2.41. The summed E-state index contributed by atoms with van der Waals surface area (Å²) < 4.78 is 0. The summed E-state index contributed by atoms with van der Waals surface area (Å²) in [7, 11) is 0. The Bertz CT molecular complexity index is 743. The number of carbonyl (C=O) groups is 1. The molecule has 0 saturated carbocycles. The molecule has 0 spiro atoms. The Kier molecular flexibility index (Phi) is 8.17. The summed E-state index contributed by atoms with van der Waals surface area (Å²) in [5.74, 6) is 0.803. The van der Waals surface area contributed by atoms with E-state index < -0.39 is 0 Å². The SMILES string of the molecule is CSc1ccccc1NC(=O)C(C)N1C[C@@H](CN)[C@H](c2ccccc2)C1.Cl. The molecule has 1 unspecified atom stereocenters. The van der Waals surface area contributed by atoms with Crippen LogP contribution in [0.1, 0.15) is 18.4 Å². The number of thioether (sulfide) groups is 1. The second kappa shape index (κ2) is 10.1. The second-order valence-corrected chi connectivity index (χ2v) is 7.68. The molecule has 0 aromatic heterocycles. The van der Waals surface area contributed by atoms with Gasteiger partial charge in [0.15, 0.2) is 0 Å². The van der Waals surface area contributed by atoms with E-state index in [1.54, 1.807) is 11.8 Å². The number of nitrogens with two attached hydrogens (primary N) is 1. The molecule has 1 fully saturated rings. The van der Waals surface area contributed by atoms with Gasteiger partial charge in [0.05, 0.1) is 11.7 Å². The number of hydrogen-bond acceptors (Lipinski definition) is 4.